The van der Waals surface area contributed by atoms with Crippen LogP contribution >= 0.6 is 0 Å². The smallest absolute Gasteiger partial charge is 0.267 e. The summed E-state index contributed by atoms with van der Waals surface area (Å²) < 4.78 is 7.19. The largest absolute Gasteiger partial charge is 0.497 e. The average Bonchev–Trinajstić information content (AvgIpc) is 3.37. The monoisotopic (exact) mass is 382 g/mol. The molecular formula is C21H26N4O3. The summed E-state index contributed by atoms with van der Waals surface area (Å²) in [5.41, 5.74) is 2.02. The lowest BCUT2D eigenvalue weighted by Gasteiger charge is -2.36. The number of aromatic nitrogens is 2. The lowest BCUT2D eigenvalue weighted by molar-refractivity contribution is -0.146. The van der Waals surface area contributed by atoms with Crippen molar-refractivity contribution in [1.29, 1.82) is 0 Å². The molecule has 0 unspecified atom stereocenters. The van der Waals surface area contributed by atoms with Crippen molar-refractivity contribution in [2.24, 2.45) is 12.2 Å². The van der Waals surface area contributed by atoms with E-state index in [1.807, 2.05) is 47.0 Å². The Morgan fingerprint density at radius 2 is 2.11 bits per heavy atom. The maximum absolute atomic E-state index is 13.2. The molecule has 1 aromatic carbocycles. The van der Waals surface area contributed by atoms with Gasteiger partial charge in [-0.2, -0.15) is 0 Å². The van der Waals surface area contributed by atoms with E-state index in [0.29, 0.717) is 12.8 Å². The second-order valence-electron chi connectivity index (χ2n) is 7.42. The molecule has 0 N–H and O–H groups in total. The van der Waals surface area contributed by atoms with Crippen molar-refractivity contribution in [3.63, 3.8) is 0 Å². The molecule has 2 aliphatic heterocycles. The zero-order valence-corrected chi connectivity index (χ0v) is 16.4. The molecule has 28 heavy (non-hydrogen) atoms. The van der Waals surface area contributed by atoms with Gasteiger partial charge in [0.05, 0.1) is 18.9 Å². The van der Waals surface area contributed by atoms with E-state index in [2.05, 4.69) is 10.1 Å². The number of methoxy groups -OCH3 is 1. The number of amides is 1. The Labute approximate surface area is 164 Å². The van der Waals surface area contributed by atoms with Crippen LogP contribution in [-0.4, -0.2) is 45.8 Å². The number of nitrogens with zero attached hydrogens (tertiary/aromatic N) is 4. The lowest BCUT2D eigenvalue weighted by Crippen LogP contribution is -2.44. The van der Waals surface area contributed by atoms with E-state index in [1.54, 1.807) is 13.3 Å². The Balaban J connectivity index is 1.40. The van der Waals surface area contributed by atoms with Crippen molar-refractivity contribution >= 4 is 11.6 Å². The Morgan fingerprint density at radius 1 is 1.29 bits per heavy atom. The van der Waals surface area contributed by atoms with Crippen LogP contribution in [0.5, 0.6) is 5.75 Å². The summed E-state index contributed by atoms with van der Waals surface area (Å²) in [7, 11) is 3.63. The number of hydrogen-bond donors (Lipinski definition) is 0. The van der Waals surface area contributed by atoms with Crippen molar-refractivity contribution in [3.8, 4) is 5.75 Å². The topological polar surface area (TPSA) is 69.0 Å². The van der Waals surface area contributed by atoms with E-state index < -0.39 is 6.10 Å². The third kappa shape index (κ3) is 3.74. The number of benzene rings is 1. The van der Waals surface area contributed by atoms with Gasteiger partial charge in [0.2, 0.25) is 6.10 Å². The van der Waals surface area contributed by atoms with Crippen LogP contribution in [0.15, 0.2) is 41.8 Å². The SMILES string of the molecule is COc1ccc(CC2=NO[C@H](C(=O)N3CCCC[C@H]3c3nccn3C)C2)cc1. The molecule has 2 aromatic rings. The van der Waals surface area contributed by atoms with Crippen molar-refractivity contribution in [2.45, 2.75) is 44.2 Å². The van der Waals surface area contributed by atoms with Crippen molar-refractivity contribution < 1.29 is 14.4 Å². The van der Waals surface area contributed by atoms with Crippen molar-refractivity contribution in [3.05, 3.63) is 48.0 Å². The van der Waals surface area contributed by atoms with Crippen LogP contribution in [0.3, 0.4) is 0 Å². The van der Waals surface area contributed by atoms with Gasteiger partial charge in [0, 0.05) is 38.8 Å². The van der Waals surface area contributed by atoms with E-state index in [-0.39, 0.29) is 11.9 Å². The Kier molecular flexibility index (Phi) is 5.32. The zero-order valence-electron chi connectivity index (χ0n) is 16.4. The second-order valence-corrected chi connectivity index (χ2v) is 7.42. The molecule has 148 valence electrons. The maximum atomic E-state index is 13.2. The summed E-state index contributed by atoms with van der Waals surface area (Å²) in [6.07, 6.45) is 7.44. The molecule has 1 saturated heterocycles. The van der Waals surface area contributed by atoms with E-state index >= 15 is 0 Å². The Bertz CT molecular complexity index is 859. The molecule has 0 bridgehead atoms. The average molecular weight is 382 g/mol. The van der Waals surface area contributed by atoms with Gasteiger partial charge < -0.3 is 19.0 Å². The highest BCUT2D eigenvalue weighted by molar-refractivity contribution is 5.94. The highest BCUT2D eigenvalue weighted by Crippen LogP contribution is 2.31. The van der Waals surface area contributed by atoms with E-state index in [9.17, 15) is 4.79 Å². The van der Waals surface area contributed by atoms with Gasteiger partial charge in [-0.25, -0.2) is 4.98 Å². The molecule has 2 aliphatic rings. The first kappa shape index (κ1) is 18.5. The first-order chi connectivity index (χ1) is 13.7. The number of hydrogen-bond acceptors (Lipinski definition) is 5. The fourth-order valence-electron chi connectivity index (χ4n) is 3.99. The molecule has 0 aliphatic carbocycles. The molecule has 0 spiro atoms. The normalized spacial score (nSPS) is 21.9. The highest BCUT2D eigenvalue weighted by atomic mass is 16.6. The summed E-state index contributed by atoms with van der Waals surface area (Å²) in [6, 6.07) is 7.89. The molecule has 0 radical (unpaired) electrons. The lowest BCUT2D eigenvalue weighted by atomic mass is 9.99. The third-order valence-electron chi connectivity index (χ3n) is 5.52. The molecule has 0 saturated carbocycles. The van der Waals surface area contributed by atoms with Crippen LogP contribution in [0.25, 0.3) is 0 Å². The highest BCUT2D eigenvalue weighted by Gasteiger charge is 2.37. The number of oxime groups is 1. The van der Waals surface area contributed by atoms with Gasteiger partial charge in [-0.05, 0) is 37.0 Å². The number of piperidine rings is 1. The zero-order chi connectivity index (χ0) is 19.5. The third-order valence-corrected chi connectivity index (χ3v) is 5.52. The van der Waals surface area contributed by atoms with Crippen molar-refractivity contribution in [2.75, 3.05) is 13.7 Å². The Morgan fingerprint density at radius 3 is 2.82 bits per heavy atom. The predicted octanol–water partition coefficient (Wildman–Crippen LogP) is 2.87. The molecule has 3 heterocycles. The van der Waals surface area contributed by atoms with E-state index in [1.165, 1.54) is 0 Å². The second kappa shape index (κ2) is 8.04. The minimum atomic E-state index is -0.533. The van der Waals surface area contributed by atoms with Gasteiger partial charge in [-0.3, -0.25) is 4.79 Å². The van der Waals surface area contributed by atoms with Crippen LogP contribution in [0.4, 0.5) is 0 Å². The number of carbonyl (C=O) groups is 1. The minimum absolute atomic E-state index is 0.00971. The summed E-state index contributed by atoms with van der Waals surface area (Å²) in [5, 5.41) is 4.19. The summed E-state index contributed by atoms with van der Waals surface area (Å²) >= 11 is 0. The standard InChI is InChI=1S/C21H26N4O3/c1-24-12-10-22-20(24)18-5-3-4-11-25(18)21(26)19-14-16(23-28-19)13-15-6-8-17(27-2)9-7-15/h6-10,12,18-19H,3-5,11,13-14H2,1-2H3/t18-,19-/m0/s1. The molecule has 4 rings (SSSR count). The van der Waals surface area contributed by atoms with E-state index in [4.69, 9.17) is 9.57 Å². The number of aryl methyl sites for hydroxylation is 1. The number of rotatable bonds is 5. The summed E-state index contributed by atoms with van der Waals surface area (Å²) in [5.74, 6) is 1.78. The quantitative estimate of drug-likeness (QED) is 0.797. The minimum Gasteiger partial charge on any atom is -0.497 e. The van der Waals surface area contributed by atoms with Crippen LogP contribution < -0.4 is 4.74 Å². The van der Waals surface area contributed by atoms with Crippen LogP contribution in [-0.2, 0) is 23.1 Å². The maximum Gasteiger partial charge on any atom is 0.267 e. The first-order valence-corrected chi connectivity index (χ1v) is 9.78. The molecule has 7 nitrogen and oxygen atoms in total. The van der Waals surface area contributed by atoms with Gasteiger partial charge in [-0.1, -0.05) is 17.3 Å². The molecule has 1 aromatic heterocycles. The van der Waals surface area contributed by atoms with Crippen LogP contribution in [0.2, 0.25) is 0 Å². The van der Waals surface area contributed by atoms with Crippen LogP contribution in [0.1, 0.15) is 43.1 Å². The number of likely N-dealkylation sites (tertiary alicyclic amines) is 1. The summed E-state index contributed by atoms with van der Waals surface area (Å²) in [4.78, 5) is 25.1. The van der Waals surface area contributed by atoms with Crippen molar-refractivity contribution in [1.82, 2.24) is 14.5 Å². The van der Waals surface area contributed by atoms with E-state index in [0.717, 1.165) is 48.7 Å². The predicted molar refractivity (Wildman–Crippen MR) is 105 cm³/mol. The number of carbonyl (C=O) groups excluding carboxylic acids is 1. The van der Waals surface area contributed by atoms with Gasteiger partial charge >= 0.3 is 0 Å². The molecular weight excluding hydrogens is 356 g/mol. The first-order valence-electron chi connectivity index (χ1n) is 9.78. The molecule has 1 amide bonds. The molecule has 7 heteroatoms. The summed E-state index contributed by atoms with van der Waals surface area (Å²) in [6.45, 7) is 0.740. The molecule has 2 atom stereocenters. The van der Waals surface area contributed by atoms with Gasteiger partial charge in [0.25, 0.3) is 5.91 Å². The number of imidazole rings is 1. The fourth-order valence-corrected chi connectivity index (χ4v) is 3.99. The van der Waals surface area contributed by atoms with Gasteiger partial charge in [0.1, 0.15) is 11.6 Å². The molecule has 1 fully saturated rings. The van der Waals surface area contributed by atoms with Crippen LogP contribution in [0, 0.1) is 0 Å². The van der Waals surface area contributed by atoms with Gasteiger partial charge in [0.15, 0.2) is 0 Å². The van der Waals surface area contributed by atoms with Gasteiger partial charge in [-0.15, -0.1) is 0 Å². The fraction of sp³-hybridized carbons (Fsp3) is 0.476. The Hall–Kier alpha value is -2.83. The number of ether oxygens (including phenoxy) is 1.